The Hall–Kier alpha value is -2.82. The molecule has 2 aromatic rings. The summed E-state index contributed by atoms with van der Waals surface area (Å²) in [6.07, 6.45) is 4.64. The lowest BCUT2D eigenvalue weighted by Crippen LogP contribution is -2.41. The van der Waals surface area contributed by atoms with E-state index in [0.717, 1.165) is 35.3 Å². The summed E-state index contributed by atoms with van der Waals surface area (Å²) in [4.78, 5) is 12.3. The van der Waals surface area contributed by atoms with E-state index in [-0.39, 0.29) is 12.5 Å². The standard InChI is InChI=1S/C24H28N2O3/c1-16-8-7-9-17(2)23(16)28-15-22-25-26(18(3)27)24(4,29-22)21-13-12-19-10-5-6-11-20(19)14-21/h7-9,12-14H,5-6,10-11,15H2,1-4H3/t24-/m0/s1. The van der Waals surface area contributed by atoms with Crippen LogP contribution in [-0.4, -0.2) is 23.4 Å². The third kappa shape index (κ3) is 3.61. The fraction of sp³-hybridized carbons (Fsp3) is 0.417. The Balaban J connectivity index is 1.58. The second kappa shape index (κ2) is 7.54. The van der Waals surface area contributed by atoms with E-state index in [9.17, 15) is 4.79 Å². The van der Waals surface area contributed by atoms with Crippen LogP contribution in [0.2, 0.25) is 0 Å². The number of carbonyl (C=O) groups excluding carboxylic acids is 1. The zero-order valence-electron chi connectivity index (χ0n) is 17.6. The highest BCUT2D eigenvalue weighted by Crippen LogP contribution is 2.37. The maximum atomic E-state index is 12.3. The smallest absolute Gasteiger partial charge is 0.247 e. The molecule has 0 N–H and O–H groups in total. The molecular formula is C24H28N2O3. The van der Waals surface area contributed by atoms with Gasteiger partial charge in [-0.1, -0.05) is 30.3 Å². The van der Waals surface area contributed by atoms with Gasteiger partial charge >= 0.3 is 0 Å². The molecule has 4 rings (SSSR count). The minimum Gasteiger partial charge on any atom is -0.483 e. The summed E-state index contributed by atoms with van der Waals surface area (Å²) in [5, 5.41) is 5.89. The number of nitrogens with zero attached hydrogens (tertiary/aromatic N) is 2. The monoisotopic (exact) mass is 392 g/mol. The number of para-hydroxylation sites is 1. The number of fused-ring (bicyclic) bond motifs is 1. The summed E-state index contributed by atoms with van der Waals surface area (Å²) < 4.78 is 12.2. The largest absolute Gasteiger partial charge is 0.483 e. The van der Waals surface area contributed by atoms with Gasteiger partial charge in [0.15, 0.2) is 6.61 Å². The maximum absolute atomic E-state index is 12.3. The van der Waals surface area contributed by atoms with Crippen molar-refractivity contribution in [3.8, 4) is 5.75 Å². The van der Waals surface area contributed by atoms with Gasteiger partial charge in [-0.15, -0.1) is 5.10 Å². The van der Waals surface area contributed by atoms with Gasteiger partial charge in [0.05, 0.1) is 0 Å². The van der Waals surface area contributed by atoms with Crippen molar-refractivity contribution in [3.63, 3.8) is 0 Å². The second-order valence-electron chi connectivity index (χ2n) is 8.11. The molecule has 0 fully saturated rings. The lowest BCUT2D eigenvalue weighted by Gasteiger charge is -2.32. The number of carbonyl (C=O) groups is 1. The molecule has 0 unspecified atom stereocenters. The third-order valence-corrected chi connectivity index (χ3v) is 5.86. The van der Waals surface area contributed by atoms with Crippen LogP contribution in [0.25, 0.3) is 0 Å². The van der Waals surface area contributed by atoms with E-state index in [2.05, 4.69) is 23.3 Å². The van der Waals surface area contributed by atoms with E-state index < -0.39 is 5.72 Å². The molecule has 0 spiro atoms. The summed E-state index contributed by atoms with van der Waals surface area (Å²) in [6.45, 7) is 7.61. The average molecular weight is 392 g/mol. The normalized spacial score (nSPS) is 20.7. The average Bonchev–Trinajstić information content (AvgIpc) is 3.05. The number of hydrogen-bond acceptors (Lipinski definition) is 4. The molecule has 0 radical (unpaired) electrons. The molecule has 5 heteroatoms. The van der Waals surface area contributed by atoms with E-state index in [1.165, 1.54) is 35.9 Å². The van der Waals surface area contributed by atoms with Crippen molar-refractivity contribution in [2.45, 2.75) is 59.1 Å². The third-order valence-electron chi connectivity index (χ3n) is 5.86. The zero-order chi connectivity index (χ0) is 20.6. The summed E-state index contributed by atoms with van der Waals surface area (Å²) in [6, 6.07) is 12.4. The molecule has 1 heterocycles. The van der Waals surface area contributed by atoms with E-state index in [0.29, 0.717) is 5.90 Å². The fourth-order valence-corrected chi connectivity index (χ4v) is 4.29. The predicted octanol–water partition coefficient (Wildman–Crippen LogP) is 4.63. The Morgan fingerprint density at radius 1 is 1.14 bits per heavy atom. The van der Waals surface area contributed by atoms with Gasteiger partial charge in [0.1, 0.15) is 5.75 Å². The first-order valence-electron chi connectivity index (χ1n) is 10.3. The summed E-state index contributed by atoms with van der Waals surface area (Å²) in [7, 11) is 0. The lowest BCUT2D eigenvalue weighted by atomic mass is 9.88. The van der Waals surface area contributed by atoms with Crippen LogP contribution in [-0.2, 0) is 28.1 Å². The van der Waals surface area contributed by atoms with Crippen molar-refractivity contribution in [3.05, 3.63) is 64.2 Å². The van der Waals surface area contributed by atoms with Gasteiger partial charge in [0, 0.05) is 19.4 Å². The molecule has 2 aromatic carbocycles. The number of hydrogen-bond donors (Lipinski definition) is 0. The van der Waals surface area contributed by atoms with Gasteiger partial charge in [0.25, 0.3) is 0 Å². The van der Waals surface area contributed by atoms with Crippen LogP contribution in [0.15, 0.2) is 41.5 Å². The van der Waals surface area contributed by atoms with Gasteiger partial charge in [-0.05, 0) is 67.9 Å². The molecule has 1 aliphatic heterocycles. The first-order chi connectivity index (χ1) is 13.9. The molecule has 0 saturated carbocycles. The number of hydrazone groups is 1. The van der Waals surface area contributed by atoms with Crippen LogP contribution in [0.4, 0.5) is 0 Å². The summed E-state index contributed by atoms with van der Waals surface area (Å²) in [5.74, 6) is 1.07. The van der Waals surface area contributed by atoms with Crippen molar-refractivity contribution in [1.82, 2.24) is 5.01 Å². The number of amides is 1. The number of aryl methyl sites for hydroxylation is 4. The minimum absolute atomic E-state index is 0.160. The van der Waals surface area contributed by atoms with Gasteiger partial charge in [-0.25, -0.2) is 0 Å². The van der Waals surface area contributed by atoms with E-state index in [1.807, 2.05) is 39.0 Å². The first-order valence-corrected chi connectivity index (χ1v) is 10.3. The molecular weight excluding hydrogens is 364 g/mol. The molecule has 5 nitrogen and oxygen atoms in total. The fourth-order valence-electron chi connectivity index (χ4n) is 4.29. The summed E-state index contributed by atoms with van der Waals surface area (Å²) in [5.41, 5.74) is 4.85. The Bertz CT molecular complexity index is 962. The molecule has 0 saturated heterocycles. The highest BCUT2D eigenvalue weighted by Gasteiger charge is 2.45. The van der Waals surface area contributed by atoms with Crippen molar-refractivity contribution in [2.24, 2.45) is 5.10 Å². The van der Waals surface area contributed by atoms with Gasteiger partial charge in [-0.3, -0.25) is 4.79 Å². The molecule has 2 aliphatic rings. The van der Waals surface area contributed by atoms with Gasteiger partial charge in [0.2, 0.25) is 17.5 Å². The second-order valence-corrected chi connectivity index (χ2v) is 8.11. The lowest BCUT2D eigenvalue weighted by molar-refractivity contribution is -0.146. The highest BCUT2D eigenvalue weighted by atomic mass is 16.6. The van der Waals surface area contributed by atoms with Crippen LogP contribution in [0.5, 0.6) is 5.75 Å². The van der Waals surface area contributed by atoms with E-state index in [4.69, 9.17) is 9.47 Å². The van der Waals surface area contributed by atoms with Crippen LogP contribution in [0.1, 0.15) is 54.5 Å². The maximum Gasteiger partial charge on any atom is 0.247 e. The highest BCUT2D eigenvalue weighted by molar-refractivity contribution is 5.84. The van der Waals surface area contributed by atoms with Gasteiger partial charge < -0.3 is 9.47 Å². The summed E-state index contributed by atoms with van der Waals surface area (Å²) >= 11 is 0. The number of rotatable bonds is 4. The topological polar surface area (TPSA) is 51.1 Å². The van der Waals surface area contributed by atoms with Crippen molar-refractivity contribution < 1.29 is 14.3 Å². The van der Waals surface area contributed by atoms with Crippen LogP contribution < -0.4 is 4.74 Å². The quantitative estimate of drug-likeness (QED) is 0.762. The molecule has 1 atom stereocenters. The zero-order valence-corrected chi connectivity index (χ0v) is 17.6. The van der Waals surface area contributed by atoms with Crippen molar-refractivity contribution in [2.75, 3.05) is 6.61 Å². The molecule has 1 aliphatic carbocycles. The first kappa shape index (κ1) is 19.5. The number of benzene rings is 2. The predicted molar refractivity (Wildman–Crippen MR) is 113 cm³/mol. The molecule has 0 bridgehead atoms. The van der Waals surface area contributed by atoms with Crippen LogP contribution in [0.3, 0.4) is 0 Å². The Morgan fingerprint density at radius 2 is 1.83 bits per heavy atom. The molecule has 152 valence electrons. The minimum atomic E-state index is -0.961. The van der Waals surface area contributed by atoms with E-state index in [1.54, 1.807) is 0 Å². The SMILES string of the molecule is CC(=O)N1N=C(COc2c(C)cccc2C)O[C@@]1(C)c1ccc2c(c1)CCCC2. The van der Waals surface area contributed by atoms with Crippen molar-refractivity contribution in [1.29, 1.82) is 0 Å². The van der Waals surface area contributed by atoms with Crippen LogP contribution in [0, 0.1) is 13.8 Å². The number of ether oxygens (including phenoxy) is 2. The van der Waals surface area contributed by atoms with Gasteiger partial charge in [-0.2, -0.15) is 5.01 Å². The van der Waals surface area contributed by atoms with Crippen molar-refractivity contribution >= 4 is 11.8 Å². The molecule has 1 amide bonds. The molecule has 29 heavy (non-hydrogen) atoms. The van der Waals surface area contributed by atoms with Crippen LogP contribution >= 0.6 is 0 Å². The molecule has 0 aromatic heterocycles. The Morgan fingerprint density at radius 3 is 2.52 bits per heavy atom. The van der Waals surface area contributed by atoms with E-state index >= 15 is 0 Å². The Kier molecular flexibility index (Phi) is 5.07. The Labute approximate surface area is 172 Å².